The minimum absolute atomic E-state index is 0.207. The van der Waals surface area contributed by atoms with Crippen LogP contribution in [0.4, 0.5) is 5.00 Å². The number of nitrogens with one attached hydrogen (secondary N) is 1. The number of hydrogen-bond donors (Lipinski definition) is 1. The molecule has 5 nitrogen and oxygen atoms in total. The van der Waals surface area contributed by atoms with Gasteiger partial charge < -0.3 is 9.64 Å². The fraction of sp³-hybridized carbons (Fsp3) is 0.250. The van der Waals surface area contributed by atoms with Crippen LogP contribution in [0.25, 0.3) is 0 Å². The first-order valence-corrected chi connectivity index (χ1v) is 7.95. The summed E-state index contributed by atoms with van der Waals surface area (Å²) in [6, 6.07) is 13.1. The van der Waals surface area contributed by atoms with Gasteiger partial charge in [0.2, 0.25) is 0 Å². The van der Waals surface area contributed by atoms with Gasteiger partial charge in [-0.2, -0.15) is 5.10 Å². The number of benzene rings is 1. The predicted molar refractivity (Wildman–Crippen MR) is 88.9 cm³/mol. The zero-order valence-electron chi connectivity index (χ0n) is 12.1. The third-order valence-corrected chi connectivity index (χ3v) is 4.41. The number of thiophene rings is 1. The van der Waals surface area contributed by atoms with Crippen molar-refractivity contribution in [1.29, 1.82) is 0 Å². The van der Waals surface area contributed by atoms with Crippen LogP contribution in [-0.2, 0) is 4.74 Å². The zero-order valence-corrected chi connectivity index (χ0v) is 12.9. The zero-order chi connectivity index (χ0) is 15.2. The third-order valence-electron chi connectivity index (χ3n) is 3.33. The fourth-order valence-corrected chi connectivity index (χ4v) is 3.10. The van der Waals surface area contributed by atoms with Gasteiger partial charge in [-0.3, -0.25) is 4.79 Å². The number of hydrogen-bond acceptors (Lipinski definition) is 5. The molecule has 0 aliphatic carbocycles. The number of amides is 1. The molecule has 22 heavy (non-hydrogen) atoms. The molecule has 1 aliphatic rings. The molecule has 0 saturated carbocycles. The summed E-state index contributed by atoms with van der Waals surface area (Å²) in [5.41, 5.74) is 3.14. The Labute approximate surface area is 133 Å². The van der Waals surface area contributed by atoms with Crippen molar-refractivity contribution in [2.24, 2.45) is 5.10 Å². The fourth-order valence-electron chi connectivity index (χ4n) is 2.17. The van der Waals surface area contributed by atoms with E-state index in [2.05, 4.69) is 21.5 Å². The van der Waals surface area contributed by atoms with E-state index in [9.17, 15) is 4.79 Å². The van der Waals surface area contributed by atoms with E-state index in [0.717, 1.165) is 31.2 Å². The molecular formula is C16H17N3O2S. The van der Waals surface area contributed by atoms with E-state index in [1.807, 2.05) is 24.3 Å². The monoisotopic (exact) mass is 315 g/mol. The van der Waals surface area contributed by atoms with Crippen molar-refractivity contribution in [1.82, 2.24) is 5.43 Å². The second-order valence-electron chi connectivity index (χ2n) is 4.84. The first-order valence-electron chi connectivity index (χ1n) is 7.14. The van der Waals surface area contributed by atoms with Gasteiger partial charge in [0.15, 0.2) is 0 Å². The van der Waals surface area contributed by atoms with Gasteiger partial charge in [-0.1, -0.05) is 18.2 Å². The van der Waals surface area contributed by atoms with Crippen molar-refractivity contribution < 1.29 is 9.53 Å². The maximum Gasteiger partial charge on any atom is 0.271 e. The summed E-state index contributed by atoms with van der Waals surface area (Å²) in [5.74, 6) is -0.207. The first-order chi connectivity index (χ1) is 10.8. The van der Waals surface area contributed by atoms with Crippen LogP contribution in [0.1, 0.15) is 15.2 Å². The van der Waals surface area contributed by atoms with Crippen LogP contribution in [-0.4, -0.2) is 38.4 Å². The lowest BCUT2D eigenvalue weighted by Gasteiger charge is -2.27. The number of rotatable bonds is 4. The van der Waals surface area contributed by atoms with Crippen LogP contribution in [0.2, 0.25) is 0 Å². The van der Waals surface area contributed by atoms with Crippen molar-refractivity contribution in [2.75, 3.05) is 31.2 Å². The molecule has 0 bridgehead atoms. The van der Waals surface area contributed by atoms with Gasteiger partial charge in [0.1, 0.15) is 0 Å². The van der Waals surface area contributed by atoms with Crippen LogP contribution in [0.15, 0.2) is 47.6 Å². The van der Waals surface area contributed by atoms with Gasteiger partial charge in [0.05, 0.1) is 24.4 Å². The molecule has 0 spiro atoms. The SMILES string of the molecule is O=C(N/N=C/c1ccc(N2CCOCC2)s1)c1ccccc1. The quantitative estimate of drug-likeness (QED) is 0.696. The molecule has 3 rings (SSSR count). The van der Waals surface area contributed by atoms with Crippen molar-refractivity contribution in [3.05, 3.63) is 52.9 Å². The number of carbonyl (C=O) groups excluding carboxylic acids is 1. The second kappa shape index (κ2) is 7.20. The molecule has 6 heteroatoms. The smallest absolute Gasteiger partial charge is 0.271 e. The highest BCUT2D eigenvalue weighted by Crippen LogP contribution is 2.25. The Balaban J connectivity index is 1.57. The Bertz CT molecular complexity index is 648. The van der Waals surface area contributed by atoms with Gasteiger partial charge in [0, 0.05) is 23.5 Å². The lowest BCUT2D eigenvalue weighted by Crippen LogP contribution is -2.35. The molecule has 1 aromatic heterocycles. The standard InChI is InChI=1S/C16H17N3O2S/c20-16(13-4-2-1-3-5-13)18-17-12-14-6-7-15(22-14)19-8-10-21-11-9-19/h1-7,12H,8-11H2,(H,18,20)/b17-12+. The van der Waals surface area contributed by atoms with Crippen LogP contribution in [0.5, 0.6) is 0 Å². The van der Waals surface area contributed by atoms with Crippen molar-refractivity contribution in [3.8, 4) is 0 Å². The number of anilines is 1. The highest BCUT2D eigenvalue weighted by molar-refractivity contribution is 7.17. The molecule has 1 aliphatic heterocycles. The lowest BCUT2D eigenvalue weighted by atomic mass is 10.2. The second-order valence-corrected chi connectivity index (χ2v) is 5.93. The average Bonchev–Trinajstić information content (AvgIpc) is 3.05. The topological polar surface area (TPSA) is 53.9 Å². The van der Waals surface area contributed by atoms with Crippen molar-refractivity contribution in [3.63, 3.8) is 0 Å². The number of nitrogens with zero attached hydrogens (tertiary/aromatic N) is 2. The molecule has 114 valence electrons. The summed E-state index contributed by atoms with van der Waals surface area (Å²) < 4.78 is 5.35. The predicted octanol–water partition coefficient (Wildman–Crippen LogP) is 2.35. The van der Waals surface area contributed by atoms with Gasteiger partial charge in [-0.15, -0.1) is 11.3 Å². The average molecular weight is 315 g/mol. The minimum atomic E-state index is -0.207. The summed E-state index contributed by atoms with van der Waals surface area (Å²) in [7, 11) is 0. The molecule has 1 fully saturated rings. The molecule has 1 N–H and O–H groups in total. The molecular weight excluding hydrogens is 298 g/mol. The lowest BCUT2D eigenvalue weighted by molar-refractivity contribution is 0.0955. The number of carbonyl (C=O) groups is 1. The van der Waals surface area contributed by atoms with E-state index in [1.165, 1.54) is 5.00 Å². The van der Waals surface area contributed by atoms with E-state index in [1.54, 1.807) is 29.7 Å². The third kappa shape index (κ3) is 3.72. The van der Waals surface area contributed by atoms with Crippen molar-refractivity contribution in [2.45, 2.75) is 0 Å². The highest BCUT2D eigenvalue weighted by Gasteiger charge is 2.12. The van der Waals surface area contributed by atoms with Gasteiger partial charge in [-0.25, -0.2) is 5.43 Å². The van der Waals surface area contributed by atoms with E-state index < -0.39 is 0 Å². The molecule has 0 atom stereocenters. The Kier molecular flexibility index (Phi) is 4.82. The molecule has 2 aromatic rings. The van der Waals surface area contributed by atoms with E-state index >= 15 is 0 Å². The van der Waals surface area contributed by atoms with E-state index in [0.29, 0.717) is 5.56 Å². The molecule has 1 saturated heterocycles. The number of morpholine rings is 1. The van der Waals surface area contributed by atoms with Crippen LogP contribution in [0, 0.1) is 0 Å². The van der Waals surface area contributed by atoms with E-state index in [4.69, 9.17) is 4.74 Å². The van der Waals surface area contributed by atoms with E-state index in [-0.39, 0.29) is 5.91 Å². The van der Waals surface area contributed by atoms with Crippen LogP contribution in [0.3, 0.4) is 0 Å². The summed E-state index contributed by atoms with van der Waals surface area (Å²) >= 11 is 1.66. The Morgan fingerprint density at radius 2 is 1.95 bits per heavy atom. The molecule has 0 radical (unpaired) electrons. The number of ether oxygens (including phenoxy) is 1. The maximum atomic E-state index is 11.8. The Morgan fingerprint density at radius 1 is 1.18 bits per heavy atom. The molecule has 1 amide bonds. The highest BCUT2D eigenvalue weighted by atomic mass is 32.1. The Morgan fingerprint density at radius 3 is 2.73 bits per heavy atom. The van der Waals surface area contributed by atoms with Crippen LogP contribution >= 0.6 is 11.3 Å². The van der Waals surface area contributed by atoms with Crippen molar-refractivity contribution >= 4 is 28.5 Å². The molecule has 2 heterocycles. The maximum absolute atomic E-state index is 11.8. The summed E-state index contributed by atoms with van der Waals surface area (Å²) in [6.07, 6.45) is 1.68. The molecule has 1 aromatic carbocycles. The summed E-state index contributed by atoms with van der Waals surface area (Å²) in [4.78, 5) is 15.2. The normalized spacial score (nSPS) is 15.2. The largest absolute Gasteiger partial charge is 0.378 e. The minimum Gasteiger partial charge on any atom is -0.378 e. The summed E-state index contributed by atoms with van der Waals surface area (Å²) in [6.45, 7) is 3.38. The number of hydrazone groups is 1. The van der Waals surface area contributed by atoms with Gasteiger partial charge in [-0.05, 0) is 24.3 Å². The van der Waals surface area contributed by atoms with Crippen LogP contribution < -0.4 is 10.3 Å². The molecule has 0 unspecified atom stereocenters. The first kappa shape index (κ1) is 14.7. The summed E-state index contributed by atoms with van der Waals surface area (Å²) in [5, 5.41) is 5.23. The Hall–Kier alpha value is -2.18. The van der Waals surface area contributed by atoms with Gasteiger partial charge >= 0.3 is 0 Å². The van der Waals surface area contributed by atoms with Gasteiger partial charge in [0.25, 0.3) is 5.91 Å².